The molecule has 0 saturated heterocycles. The number of hydrogen-bond acceptors (Lipinski definition) is 5. The lowest BCUT2D eigenvalue weighted by molar-refractivity contribution is 0.592. The van der Waals surface area contributed by atoms with Gasteiger partial charge >= 0.3 is 0 Å². The highest BCUT2D eigenvalue weighted by Gasteiger charge is 2.17. The summed E-state index contributed by atoms with van der Waals surface area (Å²) in [5.74, 6) is 0.111. The van der Waals surface area contributed by atoms with Crippen molar-refractivity contribution in [3.05, 3.63) is 47.3 Å². The van der Waals surface area contributed by atoms with Gasteiger partial charge in [0.2, 0.25) is 16.0 Å². The lowest BCUT2D eigenvalue weighted by atomic mass is 10.1. The molecular formula is C19H28N4O2S. The summed E-state index contributed by atoms with van der Waals surface area (Å²) in [6.45, 7) is 7.85. The summed E-state index contributed by atoms with van der Waals surface area (Å²) in [5, 5.41) is 2.82. The van der Waals surface area contributed by atoms with Gasteiger partial charge in [-0.15, -0.1) is 0 Å². The fraction of sp³-hybridized carbons (Fsp3) is 0.474. The van der Waals surface area contributed by atoms with E-state index in [1.54, 1.807) is 20.0 Å². The molecule has 0 aliphatic carbocycles. The Kier molecular flexibility index (Phi) is 6.97. The Bertz CT molecular complexity index is 818. The molecule has 0 saturated carbocycles. The number of nitrogens with zero attached hydrogens (tertiary/aromatic N) is 2. The van der Waals surface area contributed by atoms with Crippen molar-refractivity contribution in [3.8, 4) is 0 Å². The van der Waals surface area contributed by atoms with E-state index < -0.39 is 15.3 Å². The Morgan fingerprint density at radius 1 is 1.15 bits per heavy atom. The first-order chi connectivity index (χ1) is 12.3. The topological polar surface area (TPSA) is 84.0 Å². The van der Waals surface area contributed by atoms with Crippen molar-refractivity contribution in [2.45, 2.75) is 58.8 Å². The molecule has 0 spiro atoms. The van der Waals surface area contributed by atoms with Gasteiger partial charge in [0.25, 0.3) is 0 Å². The monoisotopic (exact) mass is 376 g/mol. The van der Waals surface area contributed by atoms with Crippen LogP contribution in [-0.4, -0.2) is 23.6 Å². The van der Waals surface area contributed by atoms with Gasteiger partial charge in [0.1, 0.15) is 0 Å². The van der Waals surface area contributed by atoms with Crippen LogP contribution in [0.4, 0.5) is 11.6 Å². The lowest BCUT2D eigenvalue weighted by Gasteiger charge is -2.12. The average molecular weight is 377 g/mol. The highest BCUT2D eigenvalue weighted by atomic mass is 32.2. The van der Waals surface area contributed by atoms with Gasteiger partial charge in [0, 0.05) is 29.7 Å². The first-order valence-electron chi connectivity index (χ1n) is 8.98. The summed E-state index contributed by atoms with van der Waals surface area (Å²) in [4.78, 5) is 8.39. The van der Waals surface area contributed by atoms with Gasteiger partial charge in [-0.3, -0.25) is 4.72 Å². The van der Waals surface area contributed by atoms with Crippen LogP contribution in [0.3, 0.4) is 0 Å². The van der Waals surface area contributed by atoms with Crippen LogP contribution in [0.1, 0.15) is 50.4 Å². The van der Waals surface area contributed by atoms with Crippen LogP contribution in [0.2, 0.25) is 0 Å². The molecule has 142 valence electrons. The predicted octanol–water partition coefficient (Wildman–Crippen LogP) is 3.89. The zero-order valence-electron chi connectivity index (χ0n) is 15.9. The first kappa shape index (κ1) is 20.2. The minimum absolute atomic E-state index is 0.111. The molecule has 0 aliphatic rings. The Labute approximate surface area is 156 Å². The van der Waals surface area contributed by atoms with Crippen LogP contribution in [0, 0.1) is 6.92 Å². The third-order valence-electron chi connectivity index (χ3n) is 4.19. The number of aryl methyl sites for hydroxylation is 2. The number of aromatic nitrogens is 2. The van der Waals surface area contributed by atoms with E-state index in [9.17, 15) is 8.42 Å². The van der Waals surface area contributed by atoms with Crippen molar-refractivity contribution in [2.75, 3.05) is 10.0 Å². The van der Waals surface area contributed by atoms with E-state index >= 15 is 0 Å². The van der Waals surface area contributed by atoms with Crippen LogP contribution in [0.25, 0.3) is 0 Å². The molecule has 1 aromatic heterocycles. The van der Waals surface area contributed by atoms with Crippen LogP contribution in [0.15, 0.2) is 30.5 Å². The molecule has 0 aliphatic heterocycles. The smallest absolute Gasteiger partial charge is 0.237 e. The van der Waals surface area contributed by atoms with E-state index in [2.05, 4.69) is 51.2 Å². The third-order valence-corrected chi connectivity index (χ3v) is 5.90. The number of anilines is 2. The fourth-order valence-corrected chi connectivity index (χ4v) is 2.92. The number of nitrogens with one attached hydrogen (secondary N) is 2. The van der Waals surface area contributed by atoms with Gasteiger partial charge in [-0.05, 0) is 51.3 Å². The maximum absolute atomic E-state index is 11.9. The molecule has 0 fully saturated rings. The maximum atomic E-state index is 11.9. The molecule has 2 rings (SSSR count). The van der Waals surface area contributed by atoms with E-state index in [1.165, 1.54) is 18.4 Å². The van der Waals surface area contributed by atoms with Gasteiger partial charge in [-0.2, -0.15) is 0 Å². The predicted molar refractivity (Wildman–Crippen MR) is 107 cm³/mol. The van der Waals surface area contributed by atoms with Crippen LogP contribution in [-0.2, 0) is 23.0 Å². The van der Waals surface area contributed by atoms with Crippen LogP contribution < -0.4 is 10.0 Å². The van der Waals surface area contributed by atoms with Crippen molar-refractivity contribution >= 4 is 21.7 Å². The average Bonchev–Trinajstić information content (AvgIpc) is 2.59. The van der Waals surface area contributed by atoms with E-state index in [0.29, 0.717) is 6.54 Å². The minimum atomic E-state index is -3.44. The van der Waals surface area contributed by atoms with Gasteiger partial charge in [-0.25, -0.2) is 18.4 Å². The SMILES string of the molecule is CCCCc1ccc(NCc2cnc(NS(=O)(=O)C(C)C)nc2C)cc1. The van der Waals surface area contributed by atoms with Crippen LogP contribution >= 0.6 is 0 Å². The number of rotatable bonds is 9. The van der Waals surface area contributed by atoms with Crippen molar-refractivity contribution < 1.29 is 8.42 Å². The number of benzene rings is 1. The molecular weight excluding hydrogens is 348 g/mol. The molecule has 0 bridgehead atoms. The van der Waals surface area contributed by atoms with E-state index in [0.717, 1.165) is 23.4 Å². The third kappa shape index (κ3) is 5.69. The van der Waals surface area contributed by atoms with Gasteiger partial charge < -0.3 is 5.32 Å². The summed E-state index contributed by atoms with van der Waals surface area (Å²) in [6.07, 6.45) is 5.17. The molecule has 1 heterocycles. The zero-order valence-corrected chi connectivity index (χ0v) is 16.7. The Morgan fingerprint density at radius 2 is 1.85 bits per heavy atom. The van der Waals surface area contributed by atoms with Crippen molar-refractivity contribution in [1.82, 2.24) is 9.97 Å². The van der Waals surface area contributed by atoms with Crippen LogP contribution in [0.5, 0.6) is 0 Å². The standard InChI is InChI=1S/C19H28N4O2S/c1-5-6-7-16-8-10-18(11-9-16)20-12-17-13-21-19(22-15(17)4)23-26(24,25)14(2)3/h8-11,13-14,20H,5-7,12H2,1-4H3,(H,21,22,23). The number of sulfonamides is 1. The second-order valence-corrected chi connectivity index (χ2v) is 8.89. The molecule has 6 nitrogen and oxygen atoms in total. The molecule has 0 radical (unpaired) electrons. The second kappa shape index (κ2) is 8.98. The highest BCUT2D eigenvalue weighted by Crippen LogP contribution is 2.15. The fourth-order valence-electron chi connectivity index (χ4n) is 2.33. The first-order valence-corrected chi connectivity index (χ1v) is 10.5. The maximum Gasteiger partial charge on any atom is 0.237 e. The van der Waals surface area contributed by atoms with E-state index in [-0.39, 0.29) is 5.95 Å². The largest absolute Gasteiger partial charge is 0.381 e. The summed E-state index contributed by atoms with van der Waals surface area (Å²) in [7, 11) is -3.44. The van der Waals surface area contributed by atoms with E-state index in [1.807, 2.05) is 6.92 Å². The van der Waals surface area contributed by atoms with Gasteiger partial charge in [0.05, 0.1) is 5.25 Å². The molecule has 0 atom stereocenters. The molecule has 1 aromatic carbocycles. The molecule has 2 aromatic rings. The Balaban J connectivity index is 1.98. The van der Waals surface area contributed by atoms with Gasteiger partial charge in [0.15, 0.2) is 0 Å². The van der Waals surface area contributed by atoms with Gasteiger partial charge in [-0.1, -0.05) is 25.5 Å². The molecule has 0 unspecified atom stereocenters. The summed E-state index contributed by atoms with van der Waals surface area (Å²) in [6, 6.07) is 8.44. The molecule has 7 heteroatoms. The quantitative estimate of drug-likeness (QED) is 0.694. The van der Waals surface area contributed by atoms with Crippen molar-refractivity contribution in [1.29, 1.82) is 0 Å². The Hall–Kier alpha value is -2.15. The number of unbranched alkanes of at least 4 members (excludes halogenated alkanes) is 1. The zero-order chi connectivity index (χ0) is 19.2. The summed E-state index contributed by atoms with van der Waals surface area (Å²) < 4.78 is 26.2. The lowest BCUT2D eigenvalue weighted by Crippen LogP contribution is -2.24. The highest BCUT2D eigenvalue weighted by molar-refractivity contribution is 7.93. The Morgan fingerprint density at radius 3 is 2.42 bits per heavy atom. The minimum Gasteiger partial charge on any atom is -0.381 e. The van der Waals surface area contributed by atoms with E-state index in [4.69, 9.17) is 0 Å². The second-order valence-electron chi connectivity index (χ2n) is 6.65. The van der Waals surface area contributed by atoms with Crippen molar-refractivity contribution in [2.24, 2.45) is 0 Å². The summed E-state index contributed by atoms with van der Waals surface area (Å²) in [5.41, 5.74) is 4.05. The molecule has 0 amide bonds. The normalized spacial score (nSPS) is 11.6. The number of hydrogen-bond donors (Lipinski definition) is 2. The molecule has 26 heavy (non-hydrogen) atoms. The van der Waals surface area contributed by atoms with Crippen molar-refractivity contribution in [3.63, 3.8) is 0 Å². The molecule has 2 N–H and O–H groups in total. The summed E-state index contributed by atoms with van der Waals surface area (Å²) >= 11 is 0.